The van der Waals surface area contributed by atoms with E-state index in [1.54, 1.807) is 29.6 Å². The van der Waals surface area contributed by atoms with Gasteiger partial charge in [-0.1, -0.05) is 5.16 Å². The molecular weight excluding hydrogens is 410 g/mol. The van der Waals surface area contributed by atoms with Crippen LogP contribution < -0.4 is 11.1 Å². The van der Waals surface area contributed by atoms with Crippen LogP contribution in [0, 0.1) is 0 Å². The van der Waals surface area contributed by atoms with Gasteiger partial charge in [-0.2, -0.15) is 0 Å². The summed E-state index contributed by atoms with van der Waals surface area (Å²) in [5.41, 5.74) is 7.23. The van der Waals surface area contributed by atoms with Gasteiger partial charge in [-0.25, -0.2) is 0 Å². The van der Waals surface area contributed by atoms with Crippen LogP contribution in [0.5, 0.6) is 0 Å². The maximum atomic E-state index is 12.0. The van der Waals surface area contributed by atoms with E-state index < -0.39 is 0 Å². The van der Waals surface area contributed by atoms with Crippen LogP contribution in [0.15, 0.2) is 43.1 Å². The van der Waals surface area contributed by atoms with E-state index in [4.69, 9.17) is 10.9 Å². The zero-order valence-corrected chi connectivity index (χ0v) is 13.9. The monoisotopic (exact) mass is 417 g/mol. The van der Waals surface area contributed by atoms with Crippen molar-refractivity contribution in [3.05, 3.63) is 49.0 Å². The summed E-state index contributed by atoms with van der Waals surface area (Å²) in [6, 6.07) is 6.74. The van der Waals surface area contributed by atoms with Crippen LogP contribution in [0.25, 0.3) is 0 Å². The average Bonchev–Trinajstić information content (AvgIpc) is 2.86. The van der Waals surface area contributed by atoms with Crippen molar-refractivity contribution in [2.75, 3.05) is 5.32 Å². The summed E-state index contributed by atoms with van der Waals surface area (Å²) in [7, 11) is 0. The van der Waals surface area contributed by atoms with Crippen LogP contribution in [-0.4, -0.2) is 17.0 Å². The van der Waals surface area contributed by atoms with Crippen LogP contribution >= 0.6 is 43.2 Å². The highest BCUT2D eigenvalue weighted by Gasteiger charge is 2.11. The Morgan fingerprint density at radius 2 is 2.05 bits per heavy atom. The lowest BCUT2D eigenvalue weighted by Crippen LogP contribution is -2.14. The predicted molar refractivity (Wildman–Crippen MR) is 86.6 cm³/mol. The number of nitrogens with one attached hydrogen (secondary N) is 1. The van der Waals surface area contributed by atoms with Gasteiger partial charge in [0.1, 0.15) is 0 Å². The van der Waals surface area contributed by atoms with Gasteiger partial charge in [-0.15, -0.1) is 11.3 Å². The largest absolute Gasteiger partial charge is 0.409 e. The summed E-state index contributed by atoms with van der Waals surface area (Å²) in [5.74, 6) is -0.200. The number of thiophene rings is 1. The molecule has 0 aliphatic heterocycles. The first-order valence-electron chi connectivity index (χ1n) is 5.34. The molecule has 0 fully saturated rings. The molecule has 0 aliphatic rings. The molecule has 0 aliphatic carbocycles. The first kappa shape index (κ1) is 15.0. The summed E-state index contributed by atoms with van der Waals surface area (Å²) >= 11 is 8.09. The van der Waals surface area contributed by atoms with Crippen LogP contribution in [0.2, 0.25) is 0 Å². The zero-order valence-electron chi connectivity index (χ0n) is 9.93. The number of hydrogen-bond acceptors (Lipinski definition) is 4. The fourth-order valence-corrected chi connectivity index (χ4v) is 3.07. The van der Waals surface area contributed by atoms with Gasteiger partial charge in [0.05, 0.1) is 15.0 Å². The van der Waals surface area contributed by atoms with Gasteiger partial charge in [0.15, 0.2) is 5.84 Å². The number of hydrogen-bond donors (Lipinski definition) is 3. The number of nitrogens with zero attached hydrogens (tertiary/aromatic N) is 1. The fourth-order valence-electron chi connectivity index (χ4n) is 1.46. The summed E-state index contributed by atoms with van der Waals surface area (Å²) in [6.45, 7) is 0. The Bertz CT molecular complexity index is 685. The second kappa shape index (κ2) is 6.38. The van der Waals surface area contributed by atoms with Crippen molar-refractivity contribution < 1.29 is 10.0 Å². The molecule has 0 atom stereocenters. The van der Waals surface area contributed by atoms with E-state index in [0.29, 0.717) is 21.3 Å². The number of benzene rings is 1. The number of nitrogens with two attached hydrogens (primary N) is 1. The molecule has 0 spiro atoms. The SMILES string of the molecule is N/C(=N/O)c1ccc(NC(=O)c2csc(Br)c2)c(Br)c1. The fraction of sp³-hybridized carbons (Fsp3) is 0. The quantitative estimate of drug-likeness (QED) is 0.308. The normalized spacial score (nSPS) is 11.4. The van der Waals surface area contributed by atoms with Gasteiger partial charge < -0.3 is 16.3 Å². The van der Waals surface area contributed by atoms with E-state index in [-0.39, 0.29) is 11.7 Å². The topological polar surface area (TPSA) is 87.7 Å². The highest BCUT2D eigenvalue weighted by molar-refractivity contribution is 9.11. The molecule has 0 radical (unpaired) electrons. The Hall–Kier alpha value is -1.38. The van der Waals surface area contributed by atoms with Crippen molar-refractivity contribution in [2.45, 2.75) is 0 Å². The summed E-state index contributed by atoms with van der Waals surface area (Å²) < 4.78 is 1.54. The predicted octanol–water partition coefficient (Wildman–Crippen LogP) is 3.62. The van der Waals surface area contributed by atoms with Crippen LogP contribution in [0.4, 0.5) is 5.69 Å². The molecule has 8 heteroatoms. The first-order valence-corrected chi connectivity index (χ1v) is 7.80. The first-order chi connectivity index (χ1) is 9.51. The van der Waals surface area contributed by atoms with E-state index in [2.05, 4.69) is 42.3 Å². The highest BCUT2D eigenvalue weighted by Crippen LogP contribution is 2.26. The van der Waals surface area contributed by atoms with Crippen molar-refractivity contribution in [3.8, 4) is 0 Å². The second-order valence-corrected chi connectivity index (χ2v) is 6.92. The summed E-state index contributed by atoms with van der Waals surface area (Å²) in [6.07, 6.45) is 0. The second-order valence-electron chi connectivity index (χ2n) is 3.77. The standard InChI is InChI=1S/C12H9Br2N3O2S/c13-8-3-6(11(15)17-19)1-2-9(8)16-12(18)7-4-10(14)20-5-7/h1-5,19H,(H2,15,17)(H,16,18). The van der Waals surface area contributed by atoms with Gasteiger partial charge in [0, 0.05) is 15.4 Å². The van der Waals surface area contributed by atoms with Crippen molar-refractivity contribution >= 4 is 60.6 Å². The molecule has 2 aromatic rings. The van der Waals surface area contributed by atoms with Crippen LogP contribution in [-0.2, 0) is 0 Å². The summed E-state index contributed by atoms with van der Waals surface area (Å²) in [4.78, 5) is 12.0. The Labute approximate surface area is 135 Å². The van der Waals surface area contributed by atoms with Crippen molar-refractivity contribution in [2.24, 2.45) is 10.9 Å². The number of amidine groups is 1. The van der Waals surface area contributed by atoms with E-state index >= 15 is 0 Å². The lowest BCUT2D eigenvalue weighted by Gasteiger charge is -2.08. The number of oxime groups is 1. The Balaban J connectivity index is 2.20. The zero-order chi connectivity index (χ0) is 14.7. The van der Waals surface area contributed by atoms with Crippen LogP contribution in [0.3, 0.4) is 0 Å². The number of carbonyl (C=O) groups is 1. The molecule has 20 heavy (non-hydrogen) atoms. The smallest absolute Gasteiger partial charge is 0.256 e. The number of halogens is 2. The van der Waals surface area contributed by atoms with Gasteiger partial charge >= 0.3 is 0 Å². The highest BCUT2D eigenvalue weighted by atomic mass is 79.9. The maximum Gasteiger partial charge on any atom is 0.256 e. The molecule has 1 aromatic carbocycles. The number of carbonyl (C=O) groups excluding carboxylic acids is 1. The van der Waals surface area contributed by atoms with E-state index in [9.17, 15) is 4.79 Å². The third-order valence-corrected chi connectivity index (χ3v) is 4.61. The Morgan fingerprint density at radius 3 is 2.60 bits per heavy atom. The molecular formula is C12H9Br2N3O2S. The molecule has 0 saturated carbocycles. The van der Waals surface area contributed by atoms with Gasteiger partial charge in [-0.05, 0) is 56.1 Å². The van der Waals surface area contributed by atoms with Crippen molar-refractivity contribution in [1.29, 1.82) is 0 Å². The molecule has 1 amide bonds. The summed E-state index contributed by atoms with van der Waals surface area (Å²) in [5, 5.41) is 16.1. The van der Waals surface area contributed by atoms with Gasteiger partial charge in [-0.3, -0.25) is 4.79 Å². The molecule has 4 N–H and O–H groups in total. The molecule has 1 heterocycles. The Kier molecular flexibility index (Phi) is 4.79. The average molecular weight is 419 g/mol. The molecule has 104 valence electrons. The van der Waals surface area contributed by atoms with Gasteiger partial charge in [0.2, 0.25) is 0 Å². The molecule has 0 unspecified atom stereocenters. The molecule has 2 rings (SSSR count). The number of rotatable bonds is 3. The van der Waals surface area contributed by atoms with Crippen molar-refractivity contribution in [1.82, 2.24) is 0 Å². The maximum absolute atomic E-state index is 12.0. The lowest BCUT2D eigenvalue weighted by atomic mass is 10.2. The van der Waals surface area contributed by atoms with Crippen LogP contribution in [0.1, 0.15) is 15.9 Å². The third kappa shape index (κ3) is 3.38. The minimum Gasteiger partial charge on any atom is -0.409 e. The van der Waals surface area contributed by atoms with E-state index in [1.807, 2.05) is 0 Å². The van der Waals surface area contributed by atoms with E-state index in [0.717, 1.165) is 3.79 Å². The molecule has 5 nitrogen and oxygen atoms in total. The lowest BCUT2D eigenvalue weighted by molar-refractivity contribution is 0.102. The molecule has 0 saturated heterocycles. The number of amides is 1. The van der Waals surface area contributed by atoms with Crippen molar-refractivity contribution in [3.63, 3.8) is 0 Å². The van der Waals surface area contributed by atoms with Gasteiger partial charge in [0.25, 0.3) is 5.91 Å². The Morgan fingerprint density at radius 1 is 1.30 bits per heavy atom. The minimum atomic E-state index is -0.204. The molecule has 1 aromatic heterocycles. The molecule has 0 bridgehead atoms. The van der Waals surface area contributed by atoms with E-state index in [1.165, 1.54) is 11.3 Å². The number of anilines is 1. The third-order valence-electron chi connectivity index (χ3n) is 2.45. The minimum absolute atomic E-state index is 0.00495.